The van der Waals surface area contributed by atoms with Gasteiger partial charge >= 0.3 is 5.97 Å². The van der Waals surface area contributed by atoms with Crippen molar-refractivity contribution in [1.29, 1.82) is 0 Å². The van der Waals surface area contributed by atoms with Crippen LogP contribution in [0.5, 0.6) is 0 Å². The molecule has 1 aliphatic rings. The van der Waals surface area contributed by atoms with Crippen molar-refractivity contribution in [2.45, 2.75) is 26.2 Å². The largest absolute Gasteiger partial charge is 0.462 e. The van der Waals surface area contributed by atoms with E-state index in [4.69, 9.17) is 4.74 Å². The lowest BCUT2D eigenvalue weighted by Crippen LogP contribution is -2.35. The molecule has 1 saturated heterocycles. The molecule has 2 aromatic carbocycles. The minimum absolute atomic E-state index is 0.0936. The second-order valence-electron chi connectivity index (χ2n) is 8.40. The van der Waals surface area contributed by atoms with E-state index in [-0.39, 0.29) is 11.9 Å². The van der Waals surface area contributed by atoms with E-state index in [0.29, 0.717) is 31.8 Å². The third kappa shape index (κ3) is 5.81. The fourth-order valence-corrected chi connectivity index (χ4v) is 4.30. The molecule has 1 amide bonds. The zero-order valence-corrected chi connectivity index (χ0v) is 19.7. The molecule has 0 unspecified atom stereocenters. The number of anilines is 1. The van der Waals surface area contributed by atoms with Crippen molar-refractivity contribution in [3.63, 3.8) is 0 Å². The van der Waals surface area contributed by atoms with Crippen LogP contribution < -0.4 is 4.90 Å². The normalized spacial score (nSPS) is 13.9. The molecule has 0 atom stereocenters. The molecule has 0 spiro atoms. The average molecular weight is 458 g/mol. The van der Waals surface area contributed by atoms with Gasteiger partial charge in [0.1, 0.15) is 5.82 Å². The lowest BCUT2D eigenvalue weighted by Gasteiger charge is -2.23. The number of hydrogen-bond acceptors (Lipinski definition) is 5. The third-order valence-corrected chi connectivity index (χ3v) is 6.14. The zero-order valence-electron chi connectivity index (χ0n) is 19.7. The molecule has 6 nitrogen and oxygen atoms in total. The maximum absolute atomic E-state index is 13.4. The van der Waals surface area contributed by atoms with Crippen molar-refractivity contribution in [3.8, 4) is 0 Å². The van der Waals surface area contributed by atoms with Gasteiger partial charge in [0.05, 0.1) is 12.2 Å². The molecule has 0 aliphatic carbocycles. The monoisotopic (exact) mass is 457 g/mol. The van der Waals surface area contributed by atoms with Gasteiger partial charge in [-0.1, -0.05) is 48.5 Å². The number of nitrogens with zero attached hydrogens (tertiary/aromatic N) is 3. The Morgan fingerprint density at radius 3 is 2.44 bits per heavy atom. The summed E-state index contributed by atoms with van der Waals surface area (Å²) in [4.78, 5) is 33.9. The lowest BCUT2D eigenvalue weighted by molar-refractivity contribution is 0.0525. The first-order valence-electron chi connectivity index (χ1n) is 11.9. The Labute approximate surface area is 201 Å². The van der Waals surface area contributed by atoms with Gasteiger partial charge in [-0.3, -0.25) is 4.79 Å². The molecule has 176 valence electrons. The summed E-state index contributed by atoms with van der Waals surface area (Å²) in [5.41, 5.74) is 3.61. The van der Waals surface area contributed by atoms with Crippen molar-refractivity contribution in [1.82, 2.24) is 9.88 Å². The van der Waals surface area contributed by atoms with E-state index < -0.39 is 0 Å². The van der Waals surface area contributed by atoms with Crippen LogP contribution in [-0.2, 0) is 17.6 Å². The molecule has 3 aromatic rings. The Balaban J connectivity index is 1.40. The van der Waals surface area contributed by atoms with Gasteiger partial charge in [0.15, 0.2) is 0 Å². The van der Waals surface area contributed by atoms with Gasteiger partial charge in [-0.25, -0.2) is 9.78 Å². The van der Waals surface area contributed by atoms with Crippen molar-refractivity contribution < 1.29 is 14.3 Å². The molecular weight excluding hydrogens is 426 g/mol. The SMILES string of the molecule is CCOC(=O)c1ccc(N2CCCN(C(=O)c3ccccc3CCc3ccccc3)CC2)nc1. The van der Waals surface area contributed by atoms with Crippen LogP contribution in [0.4, 0.5) is 5.82 Å². The van der Waals surface area contributed by atoms with E-state index in [2.05, 4.69) is 40.2 Å². The molecule has 0 saturated carbocycles. The number of pyridine rings is 1. The van der Waals surface area contributed by atoms with Crippen LogP contribution in [0, 0.1) is 0 Å². The molecule has 1 aliphatic heterocycles. The van der Waals surface area contributed by atoms with Crippen molar-refractivity contribution in [2.24, 2.45) is 0 Å². The Morgan fingerprint density at radius 1 is 0.882 bits per heavy atom. The zero-order chi connectivity index (χ0) is 23.8. The van der Waals surface area contributed by atoms with Crippen molar-refractivity contribution in [2.75, 3.05) is 37.7 Å². The molecule has 0 bridgehead atoms. The maximum atomic E-state index is 13.4. The van der Waals surface area contributed by atoms with Gasteiger partial charge in [0.25, 0.3) is 5.91 Å². The first kappa shape index (κ1) is 23.5. The second kappa shape index (κ2) is 11.5. The number of carbonyl (C=O) groups excluding carboxylic acids is 2. The smallest absolute Gasteiger partial charge is 0.339 e. The molecule has 0 radical (unpaired) electrons. The summed E-state index contributed by atoms with van der Waals surface area (Å²) in [6, 6.07) is 21.9. The van der Waals surface area contributed by atoms with Gasteiger partial charge < -0.3 is 14.5 Å². The summed E-state index contributed by atoms with van der Waals surface area (Å²) < 4.78 is 5.03. The number of rotatable bonds is 7. The van der Waals surface area contributed by atoms with E-state index in [1.807, 2.05) is 35.2 Å². The molecule has 34 heavy (non-hydrogen) atoms. The van der Waals surface area contributed by atoms with Crippen LogP contribution in [0.3, 0.4) is 0 Å². The molecule has 6 heteroatoms. The van der Waals surface area contributed by atoms with Crippen LogP contribution in [0.25, 0.3) is 0 Å². The first-order chi connectivity index (χ1) is 16.7. The summed E-state index contributed by atoms with van der Waals surface area (Å²) in [7, 11) is 0. The number of amides is 1. The highest BCUT2D eigenvalue weighted by atomic mass is 16.5. The number of aryl methyl sites for hydroxylation is 2. The number of aromatic nitrogens is 1. The summed E-state index contributed by atoms with van der Waals surface area (Å²) in [6.45, 7) is 4.98. The highest BCUT2D eigenvalue weighted by Gasteiger charge is 2.23. The predicted molar refractivity (Wildman–Crippen MR) is 133 cm³/mol. The molecule has 4 rings (SSSR count). The molecule has 1 aromatic heterocycles. The molecule has 0 N–H and O–H groups in total. The fourth-order valence-electron chi connectivity index (χ4n) is 4.30. The molecule has 1 fully saturated rings. The van der Waals surface area contributed by atoms with Gasteiger partial charge in [-0.15, -0.1) is 0 Å². The summed E-state index contributed by atoms with van der Waals surface area (Å²) >= 11 is 0. The average Bonchev–Trinajstić information content (AvgIpc) is 3.14. The van der Waals surface area contributed by atoms with Crippen LogP contribution in [-0.4, -0.2) is 54.5 Å². The predicted octanol–water partition coefficient (Wildman–Crippen LogP) is 4.40. The number of esters is 1. The van der Waals surface area contributed by atoms with Crippen LogP contribution in [0.2, 0.25) is 0 Å². The molecular formula is C28H31N3O3. The second-order valence-corrected chi connectivity index (χ2v) is 8.40. The first-order valence-corrected chi connectivity index (χ1v) is 11.9. The number of ether oxygens (including phenoxy) is 1. The van der Waals surface area contributed by atoms with Crippen molar-refractivity contribution >= 4 is 17.7 Å². The van der Waals surface area contributed by atoms with Gasteiger partial charge in [0.2, 0.25) is 0 Å². The Kier molecular flexibility index (Phi) is 7.91. The standard InChI is InChI=1S/C28H31N3O3/c1-2-34-28(33)24-15-16-26(29-21-24)30-17-8-18-31(20-19-30)27(32)25-12-7-6-11-23(25)14-13-22-9-4-3-5-10-22/h3-7,9-12,15-16,21H,2,8,13-14,17-20H2,1H3. The Bertz CT molecular complexity index is 1100. The number of hydrogen-bond donors (Lipinski definition) is 0. The Hall–Kier alpha value is -3.67. The fraction of sp³-hybridized carbons (Fsp3) is 0.321. The minimum Gasteiger partial charge on any atom is -0.462 e. The van der Waals surface area contributed by atoms with E-state index in [1.54, 1.807) is 19.2 Å². The van der Waals surface area contributed by atoms with E-state index >= 15 is 0 Å². The van der Waals surface area contributed by atoms with E-state index in [9.17, 15) is 9.59 Å². The van der Waals surface area contributed by atoms with Gasteiger partial charge in [0, 0.05) is 37.9 Å². The summed E-state index contributed by atoms with van der Waals surface area (Å²) in [5.74, 6) is 0.543. The van der Waals surface area contributed by atoms with Gasteiger partial charge in [-0.2, -0.15) is 0 Å². The van der Waals surface area contributed by atoms with Crippen LogP contribution in [0.15, 0.2) is 72.9 Å². The highest BCUT2D eigenvalue weighted by Crippen LogP contribution is 2.19. The summed E-state index contributed by atoms with van der Waals surface area (Å²) in [6.07, 6.45) is 4.17. The topological polar surface area (TPSA) is 62.7 Å². The van der Waals surface area contributed by atoms with Crippen molar-refractivity contribution in [3.05, 3.63) is 95.2 Å². The Morgan fingerprint density at radius 2 is 1.68 bits per heavy atom. The minimum atomic E-state index is -0.361. The molecule has 2 heterocycles. The van der Waals surface area contributed by atoms with E-state index in [1.165, 1.54) is 5.56 Å². The highest BCUT2D eigenvalue weighted by molar-refractivity contribution is 5.95. The van der Waals surface area contributed by atoms with Gasteiger partial charge in [-0.05, 0) is 55.5 Å². The maximum Gasteiger partial charge on any atom is 0.339 e. The third-order valence-electron chi connectivity index (χ3n) is 6.14. The summed E-state index contributed by atoms with van der Waals surface area (Å²) in [5, 5.41) is 0. The quantitative estimate of drug-likeness (QED) is 0.492. The number of benzene rings is 2. The lowest BCUT2D eigenvalue weighted by atomic mass is 9.99. The van der Waals surface area contributed by atoms with Crippen LogP contribution in [0.1, 0.15) is 45.2 Å². The number of carbonyl (C=O) groups is 2. The van der Waals surface area contributed by atoms with Crippen LogP contribution >= 0.6 is 0 Å². The van der Waals surface area contributed by atoms with E-state index in [0.717, 1.165) is 42.8 Å².